The number of likely N-dealkylation sites (tertiary alicyclic amines) is 1. The van der Waals surface area contributed by atoms with Gasteiger partial charge in [-0.25, -0.2) is 4.39 Å². The summed E-state index contributed by atoms with van der Waals surface area (Å²) in [6.07, 6.45) is -1.34. The number of methoxy groups -OCH3 is 4. The maximum atomic E-state index is 15.0. The van der Waals surface area contributed by atoms with Crippen molar-refractivity contribution in [3.05, 3.63) is 41.5 Å². The fraction of sp³-hybridized carbons (Fsp3) is 0.440. The van der Waals surface area contributed by atoms with Crippen molar-refractivity contribution in [2.45, 2.75) is 24.2 Å². The van der Waals surface area contributed by atoms with Gasteiger partial charge in [0.25, 0.3) is 5.91 Å². The number of benzene rings is 2. The number of likely N-dealkylation sites (N-methyl/N-ethyl adjacent to an activating group) is 1. The molecule has 188 valence electrons. The number of nitrogens with zero attached hydrogens (tertiary/aromatic N) is 2. The third kappa shape index (κ3) is 3.72. The Morgan fingerprint density at radius 2 is 1.66 bits per heavy atom. The Kier molecular flexibility index (Phi) is 6.50. The van der Waals surface area contributed by atoms with Crippen molar-refractivity contribution < 1.29 is 32.9 Å². The number of amides is 2. The van der Waals surface area contributed by atoms with Crippen molar-refractivity contribution in [3.8, 4) is 23.0 Å². The number of ether oxygens (including phenoxy) is 4. The van der Waals surface area contributed by atoms with Crippen LogP contribution in [0, 0.1) is 0 Å². The number of hydrogen-bond acceptors (Lipinski definition) is 7. The van der Waals surface area contributed by atoms with Crippen LogP contribution in [0.15, 0.2) is 30.3 Å². The average Bonchev–Trinajstić information content (AvgIpc) is 3.38. The van der Waals surface area contributed by atoms with E-state index in [-0.39, 0.29) is 18.9 Å². The minimum Gasteiger partial charge on any atom is -0.497 e. The van der Waals surface area contributed by atoms with Gasteiger partial charge in [0.15, 0.2) is 17.0 Å². The molecule has 1 fully saturated rings. The second-order valence-corrected chi connectivity index (χ2v) is 8.72. The lowest BCUT2D eigenvalue weighted by atomic mass is 9.80. The van der Waals surface area contributed by atoms with Gasteiger partial charge in [0.05, 0.1) is 40.2 Å². The maximum Gasteiger partial charge on any atom is 0.254 e. The summed E-state index contributed by atoms with van der Waals surface area (Å²) < 4.78 is 37.0. The van der Waals surface area contributed by atoms with E-state index in [2.05, 4.69) is 5.32 Å². The summed E-state index contributed by atoms with van der Waals surface area (Å²) in [7, 11) is 9.24. The van der Waals surface area contributed by atoms with Crippen LogP contribution in [0.1, 0.15) is 17.5 Å². The van der Waals surface area contributed by atoms with Gasteiger partial charge in [0.2, 0.25) is 5.91 Å². The minimum atomic E-state index is -1.58. The van der Waals surface area contributed by atoms with Crippen LogP contribution in [0.25, 0.3) is 0 Å². The van der Waals surface area contributed by atoms with Crippen LogP contribution < -0.4 is 24.3 Å². The number of hydrogen-bond donors (Lipinski definition) is 1. The summed E-state index contributed by atoms with van der Waals surface area (Å²) in [5, 5.41) is 2.92. The quantitative estimate of drug-likeness (QED) is 0.642. The molecule has 1 saturated heterocycles. The molecule has 1 N–H and O–H groups in total. The Morgan fingerprint density at radius 1 is 1.00 bits per heavy atom. The molecule has 35 heavy (non-hydrogen) atoms. The number of rotatable bonds is 7. The first kappa shape index (κ1) is 24.6. The van der Waals surface area contributed by atoms with Crippen molar-refractivity contribution in [3.63, 3.8) is 0 Å². The summed E-state index contributed by atoms with van der Waals surface area (Å²) in [5.41, 5.74) is -0.142. The van der Waals surface area contributed by atoms with E-state index in [9.17, 15) is 9.59 Å². The Balaban J connectivity index is 2.06. The average molecular weight is 488 g/mol. The molecule has 2 heterocycles. The molecule has 0 aliphatic carbocycles. The van der Waals surface area contributed by atoms with Crippen LogP contribution in [0.2, 0.25) is 0 Å². The van der Waals surface area contributed by atoms with E-state index in [4.69, 9.17) is 18.9 Å². The highest BCUT2D eigenvalue weighted by molar-refractivity contribution is 6.09. The van der Waals surface area contributed by atoms with Gasteiger partial charge in [-0.05, 0) is 18.2 Å². The van der Waals surface area contributed by atoms with E-state index in [0.717, 1.165) is 0 Å². The number of fused-ring (bicyclic) bond motifs is 1. The van der Waals surface area contributed by atoms with Gasteiger partial charge in [-0.15, -0.1) is 0 Å². The van der Waals surface area contributed by atoms with Crippen molar-refractivity contribution in [1.82, 2.24) is 9.80 Å². The van der Waals surface area contributed by atoms with Crippen LogP contribution in [0.3, 0.4) is 0 Å². The summed E-state index contributed by atoms with van der Waals surface area (Å²) in [6, 6.07) is 7.56. The number of alkyl halides is 1. The molecule has 2 aliphatic heterocycles. The molecule has 9 nitrogen and oxygen atoms in total. The second kappa shape index (κ2) is 9.26. The highest BCUT2D eigenvalue weighted by Crippen LogP contribution is 2.53. The molecule has 4 rings (SSSR count). The van der Waals surface area contributed by atoms with Crippen LogP contribution in [-0.4, -0.2) is 82.9 Å². The number of halogens is 1. The molecule has 2 aliphatic rings. The van der Waals surface area contributed by atoms with E-state index in [1.165, 1.54) is 33.3 Å². The lowest BCUT2D eigenvalue weighted by molar-refractivity contribution is -0.138. The molecule has 10 heteroatoms. The summed E-state index contributed by atoms with van der Waals surface area (Å²) >= 11 is 0. The molecule has 0 bridgehead atoms. The third-order valence-electron chi connectivity index (χ3n) is 6.70. The largest absolute Gasteiger partial charge is 0.497 e. The van der Waals surface area contributed by atoms with Gasteiger partial charge in [-0.3, -0.25) is 14.5 Å². The predicted octanol–water partition coefficient (Wildman–Crippen LogP) is 2.42. The van der Waals surface area contributed by atoms with E-state index in [1.807, 2.05) is 0 Å². The summed E-state index contributed by atoms with van der Waals surface area (Å²) in [6.45, 7) is -0.124. The zero-order valence-electron chi connectivity index (χ0n) is 20.7. The van der Waals surface area contributed by atoms with Crippen molar-refractivity contribution in [2.75, 3.05) is 54.4 Å². The molecule has 2 aromatic carbocycles. The number of carbonyl (C=O) groups excluding carboxylic acids is 2. The molecule has 2 amide bonds. The van der Waals surface area contributed by atoms with Crippen LogP contribution >= 0.6 is 0 Å². The number of anilines is 1. The molecule has 0 radical (unpaired) electrons. The minimum absolute atomic E-state index is 0.0346. The molecule has 3 atom stereocenters. The van der Waals surface area contributed by atoms with Gasteiger partial charge < -0.3 is 29.2 Å². The molecule has 0 aromatic heterocycles. The zero-order chi connectivity index (χ0) is 25.5. The lowest BCUT2D eigenvalue weighted by Gasteiger charge is -2.41. The van der Waals surface area contributed by atoms with Crippen molar-refractivity contribution in [2.24, 2.45) is 0 Å². The zero-order valence-corrected chi connectivity index (χ0v) is 20.7. The number of carbonyl (C=O) groups is 2. The van der Waals surface area contributed by atoms with Crippen LogP contribution in [0.5, 0.6) is 23.0 Å². The van der Waals surface area contributed by atoms with E-state index in [0.29, 0.717) is 39.8 Å². The topological polar surface area (TPSA) is 89.6 Å². The van der Waals surface area contributed by atoms with Gasteiger partial charge in [0, 0.05) is 50.3 Å². The Morgan fingerprint density at radius 3 is 2.26 bits per heavy atom. The van der Waals surface area contributed by atoms with E-state index < -0.39 is 23.7 Å². The molecular weight excluding hydrogens is 457 g/mol. The smallest absolute Gasteiger partial charge is 0.254 e. The fourth-order valence-electron chi connectivity index (χ4n) is 5.11. The normalized spacial score (nSPS) is 23.5. The van der Waals surface area contributed by atoms with Crippen molar-refractivity contribution in [1.29, 1.82) is 0 Å². The van der Waals surface area contributed by atoms with Gasteiger partial charge in [-0.2, -0.15) is 0 Å². The second-order valence-electron chi connectivity index (χ2n) is 8.72. The molecule has 0 spiro atoms. The van der Waals surface area contributed by atoms with Crippen molar-refractivity contribution >= 4 is 17.5 Å². The van der Waals surface area contributed by atoms with Crippen LogP contribution in [-0.2, 0) is 15.1 Å². The molecular formula is C25H30FN3O6. The summed E-state index contributed by atoms with van der Waals surface area (Å²) in [4.78, 5) is 30.3. The first-order chi connectivity index (χ1) is 16.7. The Hall–Kier alpha value is -3.53. The Labute approximate surface area is 203 Å². The monoisotopic (exact) mass is 487 g/mol. The molecule has 2 aromatic rings. The maximum absolute atomic E-state index is 15.0. The van der Waals surface area contributed by atoms with E-state index in [1.54, 1.807) is 49.3 Å². The Bertz CT molecular complexity index is 1160. The third-order valence-corrected chi connectivity index (χ3v) is 6.70. The standard InChI is InChI=1S/C25H30FN3O6/c1-28(2)23(30)19-9-14(26)13-29(19)25(16-8-7-15(32-3)10-20(16)33-4)17-11-21(34-5)22(35-6)12-18(17)27-24(25)31/h7-8,10-12,14,19H,9,13H2,1-6H3,(H,27,31)/t14-,19+,25?/m1/s1. The van der Waals surface area contributed by atoms with Gasteiger partial charge in [0.1, 0.15) is 17.7 Å². The van der Waals surface area contributed by atoms with Gasteiger partial charge >= 0.3 is 0 Å². The molecule has 0 saturated carbocycles. The highest BCUT2D eigenvalue weighted by atomic mass is 19.1. The van der Waals surface area contributed by atoms with Crippen LogP contribution in [0.4, 0.5) is 10.1 Å². The molecule has 1 unspecified atom stereocenters. The summed E-state index contributed by atoms with van der Waals surface area (Å²) in [5.74, 6) is 0.981. The first-order valence-corrected chi connectivity index (χ1v) is 11.1. The highest BCUT2D eigenvalue weighted by Gasteiger charge is 2.60. The lowest BCUT2D eigenvalue weighted by Crippen LogP contribution is -2.57. The van der Waals surface area contributed by atoms with E-state index >= 15 is 4.39 Å². The van der Waals surface area contributed by atoms with Gasteiger partial charge in [-0.1, -0.05) is 0 Å². The predicted molar refractivity (Wildman–Crippen MR) is 127 cm³/mol. The fourth-order valence-corrected chi connectivity index (χ4v) is 5.11. The SMILES string of the molecule is COc1ccc(C2(N3C[C@H](F)C[C@H]3C(=O)N(C)C)C(=O)Nc3cc(OC)c(OC)cc32)c(OC)c1. The number of nitrogens with one attached hydrogen (secondary N) is 1. The first-order valence-electron chi connectivity index (χ1n) is 11.1.